The van der Waals surface area contributed by atoms with Crippen LogP contribution in [0.1, 0.15) is 30.0 Å². The van der Waals surface area contributed by atoms with Gasteiger partial charge < -0.3 is 5.73 Å². The second-order valence-electron chi connectivity index (χ2n) is 4.47. The molecule has 6 heteroatoms. The first-order chi connectivity index (χ1) is 8.22. The smallest absolute Gasteiger partial charge is 0.147 e. The van der Waals surface area contributed by atoms with Gasteiger partial charge in [-0.05, 0) is 31.4 Å². The summed E-state index contributed by atoms with van der Waals surface area (Å²) in [7, 11) is -3.07. The predicted octanol–water partition coefficient (Wildman–Crippen LogP) is 2.10. The maximum Gasteiger partial charge on any atom is 0.147 e. The fourth-order valence-electron chi connectivity index (χ4n) is 1.73. The van der Waals surface area contributed by atoms with E-state index in [1.165, 1.54) is 19.1 Å². The molecule has 0 aliphatic rings. The van der Waals surface area contributed by atoms with Crippen LogP contribution in [-0.2, 0) is 9.84 Å². The van der Waals surface area contributed by atoms with E-state index in [9.17, 15) is 17.2 Å². The topological polar surface area (TPSA) is 60.2 Å². The molecule has 1 aromatic rings. The summed E-state index contributed by atoms with van der Waals surface area (Å²) in [4.78, 5) is 0. The quantitative estimate of drug-likeness (QED) is 0.896. The molecule has 3 nitrogen and oxygen atoms in total. The SMILES string of the molecule is Cc1ccc(F)c(C(N)CCCS(C)(=O)=O)c1F. The van der Waals surface area contributed by atoms with Crippen LogP contribution in [-0.4, -0.2) is 20.4 Å². The van der Waals surface area contributed by atoms with Gasteiger partial charge in [0.15, 0.2) is 0 Å². The van der Waals surface area contributed by atoms with Crippen LogP contribution in [0.3, 0.4) is 0 Å². The first kappa shape index (κ1) is 15.0. The van der Waals surface area contributed by atoms with E-state index in [0.29, 0.717) is 5.56 Å². The third kappa shape index (κ3) is 4.03. The lowest BCUT2D eigenvalue weighted by molar-refractivity contribution is 0.505. The largest absolute Gasteiger partial charge is 0.324 e. The van der Waals surface area contributed by atoms with Gasteiger partial charge in [0.05, 0.1) is 0 Å². The molecule has 18 heavy (non-hydrogen) atoms. The van der Waals surface area contributed by atoms with Crippen molar-refractivity contribution in [2.75, 3.05) is 12.0 Å². The second-order valence-corrected chi connectivity index (χ2v) is 6.73. The molecule has 1 aromatic carbocycles. The molecule has 0 amide bonds. The molecular weight excluding hydrogens is 260 g/mol. The normalized spacial score (nSPS) is 13.6. The molecular formula is C12H17F2NO2S. The van der Waals surface area contributed by atoms with Crippen molar-refractivity contribution in [2.45, 2.75) is 25.8 Å². The molecule has 0 spiro atoms. The number of rotatable bonds is 5. The molecule has 0 radical (unpaired) electrons. The van der Waals surface area contributed by atoms with Gasteiger partial charge in [0, 0.05) is 23.6 Å². The van der Waals surface area contributed by atoms with E-state index in [2.05, 4.69) is 0 Å². The Morgan fingerprint density at radius 1 is 1.33 bits per heavy atom. The summed E-state index contributed by atoms with van der Waals surface area (Å²) in [5, 5.41) is 0. The van der Waals surface area contributed by atoms with Crippen LogP contribution in [0.2, 0.25) is 0 Å². The molecule has 0 bridgehead atoms. The van der Waals surface area contributed by atoms with E-state index in [4.69, 9.17) is 5.73 Å². The lowest BCUT2D eigenvalue weighted by Crippen LogP contribution is -2.16. The van der Waals surface area contributed by atoms with Gasteiger partial charge >= 0.3 is 0 Å². The van der Waals surface area contributed by atoms with Gasteiger partial charge in [-0.25, -0.2) is 17.2 Å². The second kappa shape index (κ2) is 5.75. The number of nitrogens with two attached hydrogens (primary N) is 1. The fourth-order valence-corrected chi connectivity index (χ4v) is 2.42. The molecule has 2 N–H and O–H groups in total. The summed E-state index contributed by atoms with van der Waals surface area (Å²) in [6.07, 6.45) is 1.63. The highest BCUT2D eigenvalue weighted by Crippen LogP contribution is 2.24. The summed E-state index contributed by atoms with van der Waals surface area (Å²) in [5.74, 6) is -1.37. The number of aryl methyl sites for hydroxylation is 1. The molecule has 0 aromatic heterocycles. The highest BCUT2D eigenvalue weighted by Gasteiger charge is 2.18. The maximum atomic E-state index is 13.7. The van der Waals surface area contributed by atoms with Crippen LogP contribution >= 0.6 is 0 Å². The van der Waals surface area contributed by atoms with Crippen molar-refractivity contribution in [2.24, 2.45) is 5.73 Å². The summed E-state index contributed by atoms with van der Waals surface area (Å²) in [6, 6.07) is 1.69. The Kier molecular flexibility index (Phi) is 4.81. The van der Waals surface area contributed by atoms with Crippen molar-refractivity contribution in [3.8, 4) is 0 Å². The lowest BCUT2D eigenvalue weighted by atomic mass is 10.00. The van der Waals surface area contributed by atoms with Crippen LogP contribution in [0.4, 0.5) is 8.78 Å². The minimum absolute atomic E-state index is 0.0320. The number of sulfone groups is 1. The Labute approximate surface area is 106 Å². The van der Waals surface area contributed by atoms with E-state index in [1.807, 2.05) is 0 Å². The van der Waals surface area contributed by atoms with Gasteiger partial charge in [0.2, 0.25) is 0 Å². The Balaban J connectivity index is 2.79. The van der Waals surface area contributed by atoms with E-state index < -0.39 is 27.5 Å². The summed E-state index contributed by atoms with van der Waals surface area (Å²) in [6.45, 7) is 1.53. The van der Waals surface area contributed by atoms with E-state index >= 15 is 0 Å². The number of benzene rings is 1. The number of hydrogen-bond acceptors (Lipinski definition) is 3. The van der Waals surface area contributed by atoms with Crippen molar-refractivity contribution < 1.29 is 17.2 Å². The van der Waals surface area contributed by atoms with Crippen molar-refractivity contribution >= 4 is 9.84 Å². The van der Waals surface area contributed by atoms with Crippen molar-refractivity contribution in [3.63, 3.8) is 0 Å². The Morgan fingerprint density at radius 3 is 2.50 bits per heavy atom. The first-order valence-electron chi connectivity index (χ1n) is 5.60. The zero-order valence-corrected chi connectivity index (χ0v) is 11.2. The first-order valence-corrected chi connectivity index (χ1v) is 7.66. The number of halogens is 2. The average molecular weight is 277 g/mol. The van der Waals surface area contributed by atoms with Crippen molar-refractivity contribution in [1.82, 2.24) is 0 Å². The minimum Gasteiger partial charge on any atom is -0.324 e. The Morgan fingerprint density at radius 2 is 1.94 bits per heavy atom. The highest BCUT2D eigenvalue weighted by molar-refractivity contribution is 7.90. The molecule has 0 aliphatic heterocycles. The molecule has 0 fully saturated rings. The Bertz CT molecular complexity index is 529. The van der Waals surface area contributed by atoms with Crippen LogP contribution in [0.5, 0.6) is 0 Å². The van der Waals surface area contributed by atoms with Crippen molar-refractivity contribution in [3.05, 3.63) is 34.9 Å². The standard InChI is InChI=1S/C12H17F2NO2S/c1-8-5-6-9(13)11(12(8)14)10(15)4-3-7-18(2,16)17/h5-6,10H,3-4,7,15H2,1-2H3. The van der Waals surface area contributed by atoms with Crippen LogP contribution in [0.15, 0.2) is 12.1 Å². The van der Waals surface area contributed by atoms with E-state index in [1.54, 1.807) is 0 Å². The Hall–Kier alpha value is -1.01. The highest BCUT2D eigenvalue weighted by atomic mass is 32.2. The van der Waals surface area contributed by atoms with E-state index in [0.717, 1.165) is 6.26 Å². The van der Waals surface area contributed by atoms with Gasteiger partial charge in [-0.15, -0.1) is 0 Å². The van der Waals surface area contributed by atoms with Gasteiger partial charge in [0.25, 0.3) is 0 Å². The molecule has 0 saturated heterocycles. The summed E-state index contributed by atoms with van der Waals surface area (Å²) >= 11 is 0. The zero-order valence-electron chi connectivity index (χ0n) is 10.4. The minimum atomic E-state index is -3.07. The molecule has 0 saturated carbocycles. The average Bonchev–Trinajstić information content (AvgIpc) is 2.22. The maximum absolute atomic E-state index is 13.7. The fraction of sp³-hybridized carbons (Fsp3) is 0.500. The lowest BCUT2D eigenvalue weighted by Gasteiger charge is -2.14. The number of hydrogen-bond donors (Lipinski definition) is 1. The van der Waals surface area contributed by atoms with Crippen LogP contribution in [0.25, 0.3) is 0 Å². The molecule has 1 atom stereocenters. The molecule has 1 rings (SSSR count). The monoisotopic (exact) mass is 277 g/mol. The van der Waals surface area contributed by atoms with Gasteiger partial charge in [0.1, 0.15) is 21.5 Å². The van der Waals surface area contributed by atoms with Crippen LogP contribution < -0.4 is 5.73 Å². The van der Waals surface area contributed by atoms with Crippen molar-refractivity contribution in [1.29, 1.82) is 0 Å². The van der Waals surface area contributed by atoms with Gasteiger partial charge in [-0.1, -0.05) is 6.07 Å². The van der Waals surface area contributed by atoms with Gasteiger partial charge in [-0.2, -0.15) is 0 Å². The summed E-state index contributed by atoms with van der Waals surface area (Å²) in [5.41, 5.74) is 5.88. The molecule has 0 heterocycles. The summed E-state index contributed by atoms with van der Waals surface area (Å²) < 4.78 is 49.1. The van der Waals surface area contributed by atoms with Gasteiger partial charge in [-0.3, -0.25) is 0 Å². The molecule has 102 valence electrons. The molecule has 1 unspecified atom stereocenters. The predicted molar refractivity (Wildman–Crippen MR) is 67.0 cm³/mol. The van der Waals surface area contributed by atoms with Crippen LogP contribution in [0, 0.1) is 18.6 Å². The third-order valence-electron chi connectivity index (χ3n) is 2.72. The third-order valence-corrected chi connectivity index (χ3v) is 3.75. The van der Waals surface area contributed by atoms with E-state index in [-0.39, 0.29) is 24.2 Å². The molecule has 0 aliphatic carbocycles. The zero-order chi connectivity index (χ0) is 13.9.